The number of aliphatic imine (C=N–C) groups is 1. The first kappa shape index (κ1) is 18.3. The lowest BCUT2D eigenvalue weighted by atomic mass is 9.74. The first-order valence-corrected chi connectivity index (χ1v) is 9.99. The molecular formula is C26H20N2O2. The summed E-state index contributed by atoms with van der Waals surface area (Å²) in [6.07, 6.45) is 0. The van der Waals surface area contributed by atoms with Crippen LogP contribution in [0.4, 0.5) is 5.69 Å². The monoisotopic (exact) mass is 392 g/mol. The molecular weight excluding hydrogens is 372 g/mol. The second kappa shape index (κ2) is 7.23. The van der Waals surface area contributed by atoms with Gasteiger partial charge in [-0.05, 0) is 24.6 Å². The summed E-state index contributed by atoms with van der Waals surface area (Å²) in [7, 11) is 0. The Morgan fingerprint density at radius 1 is 0.833 bits per heavy atom. The molecule has 0 bridgehead atoms. The Hall–Kier alpha value is -3.79. The van der Waals surface area contributed by atoms with E-state index in [4.69, 9.17) is 4.99 Å². The van der Waals surface area contributed by atoms with Crippen molar-refractivity contribution in [2.75, 3.05) is 5.32 Å². The fourth-order valence-electron chi connectivity index (χ4n) is 4.45. The minimum absolute atomic E-state index is 0.0387. The van der Waals surface area contributed by atoms with Gasteiger partial charge < -0.3 is 5.32 Å². The van der Waals surface area contributed by atoms with Gasteiger partial charge in [0.05, 0.1) is 11.6 Å². The van der Waals surface area contributed by atoms with Crippen molar-refractivity contribution in [2.45, 2.75) is 12.8 Å². The van der Waals surface area contributed by atoms with Gasteiger partial charge in [-0.2, -0.15) is 0 Å². The number of ketones is 1. The third-order valence-electron chi connectivity index (χ3n) is 5.79. The van der Waals surface area contributed by atoms with E-state index in [-0.39, 0.29) is 17.6 Å². The van der Waals surface area contributed by atoms with E-state index in [0.717, 1.165) is 16.8 Å². The average Bonchev–Trinajstić information content (AvgIpc) is 3.06. The highest BCUT2D eigenvalue weighted by atomic mass is 16.2. The van der Waals surface area contributed by atoms with E-state index in [1.165, 1.54) is 0 Å². The first-order valence-electron chi connectivity index (χ1n) is 9.99. The second-order valence-electron chi connectivity index (χ2n) is 7.61. The number of fused-ring (bicyclic) bond motifs is 2. The quantitative estimate of drug-likeness (QED) is 0.674. The van der Waals surface area contributed by atoms with Crippen LogP contribution in [0, 0.1) is 5.92 Å². The number of benzene rings is 3. The van der Waals surface area contributed by atoms with Gasteiger partial charge in [0, 0.05) is 34.0 Å². The number of carbonyl (C=O) groups excluding carboxylic acids is 2. The highest BCUT2D eigenvalue weighted by Crippen LogP contribution is 2.47. The number of rotatable bonds is 3. The van der Waals surface area contributed by atoms with Gasteiger partial charge >= 0.3 is 0 Å². The maximum atomic E-state index is 13.4. The summed E-state index contributed by atoms with van der Waals surface area (Å²) in [4.78, 5) is 31.6. The van der Waals surface area contributed by atoms with Crippen LogP contribution in [0.5, 0.6) is 0 Å². The Kier molecular flexibility index (Phi) is 4.40. The zero-order valence-electron chi connectivity index (χ0n) is 16.5. The SMILES string of the molecule is CC1=NC2=C(C(=O)c3ccccc32)[C@H](c2ccccc2)C1C(=O)Nc1ccccc1. The predicted molar refractivity (Wildman–Crippen MR) is 119 cm³/mol. The molecule has 4 heteroatoms. The van der Waals surface area contributed by atoms with Crippen molar-refractivity contribution >= 4 is 28.8 Å². The van der Waals surface area contributed by atoms with E-state index in [1.807, 2.05) is 91.9 Å². The van der Waals surface area contributed by atoms with E-state index in [0.29, 0.717) is 22.5 Å². The molecule has 5 rings (SSSR count). The number of hydrogen-bond acceptors (Lipinski definition) is 3. The van der Waals surface area contributed by atoms with Crippen LogP contribution in [0.25, 0.3) is 5.70 Å². The van der Waals surface area contributed by atoms with Crippen LogP contribution in [0.15, 0.2) is 95.5 Å². The summed E-state index contributed by atoms with van der Waals surface area (Å²) in [5.41, 5.74) is 5.19. The lowest BCUT2D eigenvalue weighted by Crippen LogP contribution is -2.37. The second-order valence-corrected chi connectivity index (χ2v) is 7.61. The molecule has 0 saturated carbocycles. The molecule has 4 nitrogen and oxygen atoms in total. The van der Waals surface area contributed by atoms with Gasteiger partial charge in [0.25, 0.3) is 0 Å². The molecule has 30 heavy (non-hydrogen) atoms. The Labute approximate surface area is 175 Å². The Balaban J connectivity index is 1.63. The molecule has 1 aliphatic heterocycles. The van der Waals surface area contributed by atoms with Crippen LogP contribution in [0.2, 0.25) is 0 Å². The topological polar surface area (TPSA) is 58.5 Å². The molecule has 0 saturated heterocycles. The van der Waals surface area contributed by atoms with Gasteiger partial charge in [-0.3, -0.25) is 14.6 Å². The third-order valence-corrected chi connectivity index (χ3v) is 5.79. The van der Waals surface area contributed by atoms with E-state index >= 15 is 0 Å². The van der Waals surface area contributed by atoms with Gasteiger partial charge in [0.2, 0.25) is 5.91 Å². The number of Topliss-reactive ketones (excluding diaryl/α,β-unsaturated/α-hetero) is 1. The summed E-state index contributed by atoms with van der Waals surface area (Å²) in [6, 6.07) is 26.7. The van der Waals surface area contributed by atoms with Crippen LogP contribution in [0.3, 0.4) is 0 Å². The molecule has 3 aromatic carbocycles. The normalized spacial score (nSPS) is 19.8. The molecule has 146 valence electrons. The Morgan fingerprint density at radius 2 is 1.43 bits per heavy atom. The maximum absolute atomic E-state index is 13.4. The number of anilines is 1. The van der Waals surface area contributed by atoms with E-state index < -0.39 is 5.92 Å². The summed E-state index contributed by atoms with van der Waals surface area (Å²) < 4.78 is 0. The number of nitrogens with zero attached hydrogens (tertiary/aromatic N) is 1. The molecule has 0 aromatic heterocycles. The molecule has 3 aromatic rings. The average molecular weight is 392 g/mol. The highest BCUT2D eigenvalue weighted by molar-refractivity contribution is 6.25. The van der Waals surface area contributed by atoms with Crippen molar-refractivity contribution in [3.8, 4) is 0 Å². The van der Waals surface area contributed by atoms with Gasteiger partial charge in [-0.1, -0.05) is 72.8 Å². The largest absolute Gasteiger partial charge is 0.325 e. The smallest absolute Gasteiger partial charge is 0.234 e. The molecule has 1 amide bonds. The lowest BCUT2D eigenvalue weighted by Gasteiger charge is -2.31. The summed E-state index contributed by atoms with van der Waals surface area (Å²) in [5, 5.41) is 3.00. The number of carbonyl (C=O) groups is 2. The zero-order chi connectivity index (χ0) is 20.7. The van der Waals surface area contributed by atoms with Crippen LogP contribution in [0.1, 0.15) is 34.3 Å². The molecule has 0 radical (unpaired) electrons. The number of amides is 1. The molecule has 0 fully saturated rings. The van der Waals surface area contributed by atoms with Crippen molar-refractivity contribution in [1.82, 2.24) is 0 Å². The van der Waals surface area contributed by atoms with E-state index in [2.05, 4.69) is 5.32 Å². The standard InChI is InChI=1S/C26H20N2O2/c1-16-21(26(30)28-18-12-6-3-7-13-18)22(17-10-4-2-5-11-17)23-24(27-16)19-14-8-9-15-20(19)25(23)29/h2-15,21-22H,1H3,(H,28,30)/t21?,22-/m1/s1. The molecule has 2 aliphatic rings. The van der Waals surface area contributed by atoms with Crippen LogP contribution >= 0.6 is 0 Å². The van der Waals surface area contributed by atoms with Gasteiger partial charge in [0.15, 0.2) is 5.78 Å². The maximum Gasteiger partial charge on any atom is 0.234 e. The Morgan fingerprint density at radius 3 is 2.13 bits per heavy atom. The van der Waals surface area contributed by atoms with Crippen molar-refractivity contribution in [3.05, 3.63) is 107 Å². The van der Waals surface area contributed by atoms with Gasteiger partial charge in [-0.15, -0.1) is 0 Å². The van der Waals surface area contributed by atoms with E-state index in [9.17, 15) is 9.59 Å². The number of allylic oxidation sites excluding steroid dienone is 1. The fraction of sp³-hybridized carbons (Fsp3) is 0.115. The molecule has 1 N–H and O–H groups in total. The predicted octanol–water partition coefficient (Wildman–Crippen LogP) is 5.11. The zero-order valence-corrected chi connectivity index (χ0v) is 16.5. The van der Waals surface area contributed by atoms with Gasteiger partial charge in [0.1, 0.15) is 0 Å². The van der Waals surface area contributed by atoms with E-state index in [1.54, 1.807) is 0 Å². The number of hydrogen-bond donors (Lipinski definition) is 1. The number of para-hydroxylation sites is 1. The summed E-state index contributed by atoms with van der Waals surface area (Å²) >= 11 is 0. The molecule has 1 heterocycles. The Bertz CT molecular complexity index is 1210. The first-order chi connectivity index (χ1) is 14.6. The van der Waals surface area contributed by atoms with Crippen molar-refractivity contribution in [2.24, 2.45) is 10.9 Å². The minimum atomic E-state index is -0.565. The van der Waals surface area contributed by atoms with Gasteiger partial charge in [-0.25, -0.2) is 0 Å². The molecule has 1 aliphatic carbocycles. The molecule has 2 atom stereocenters. The highest BCUT2D eigenvalue weighted by Gasteiger charge is 2.45. The number of nitrogens with one attached hydrogen (secondary N) is 1. The van der Waals surface area contributed by atoms with Crippen molar-refractivity contribution in [1.29, 1.82) is 0 Å². The van der Waals surface area contributed by atoms with Crippen LogP contribution in [-0.2, 0) is 4.79 Å². The fourth-order valence-corrected chi connectivity index (χ4v) is 4.45. The molecule has 0 spiro atoms. The van der Waals surface area contributed by atoms with Crippen molar-refractivity contribution in [3.63, 3.8) is 0 Å². The van der Waals surface area contributed by atoms with Crippen molar-refractivity contribution < 1.29 is 9.59 Å². The van der Waals surface area contributed by atoms with Crippen LogP contribution < -0.4 is 5.32 Å². The lowest BCUT2D eigenvalue weighted by molar-refractivity contribution is -0.118. The summed E-state index contributed by atoms with van der Waals surface area (Å²) in [6.45, 7) is 1.88. The third kappa shape index (κ3) is 2.89. The minimum Gasteiger partial charge on any atom is -0.325 e. The van der Waals surface area contributed by atoms with Crippen LogP contribution in [-0.4, -0.2) is 17.4 Å². The summed E-state index contributed by atoms with van der Waals surface area (Å²) in [5.74, 6) is -1.15. The molecule has 1 unspecified atom stereocenters.